The number of pyridine rings is 1. The molecule has 3 heterocycles. The molecule has 3 rings (SSSR count). The fourth-order valence-electron chi connectivity index (χ4n) is 2.61. The van der Waals surface area contributed by atoms with Gasteiger partial charge in [-0.2, -0.15) is 0 Å². The van der Waals surface area contributed by atoms with E-state index in [-0.39, 0.29) is 5.82 Å². The first-order valence-corrected chi connectivity index (χ1v) is 6.32. The molecule has 1 aromatic heterocycles. The van der Waals surface area contributed by atoms with Crippen LogP contribution >= 0.6 is 0 Å². The minimum absolute atomic E-state index is 0.135. The van der Waals surface area contributed by atoms with E-state index in [0.29, 0.717) is 19.8 Å². The lowest BCUT2D eigenvalue weighted by molar-refractivity contribution is -0.389. The highest BCUT2D eigenvalue weighted by Crippen LogP contribution is 2.32. The molecule has 0 bridgehead atoms. The Kier molecular flexibility index (Phi) is 3.08. The van der Waals surface area contributed by atoms with Gasteiger partial charge in [0.15, 0.2) is 12.0 Å². The van der Waals surface area contributed by atoms with Gasteiger partial charge in [0.25, 0.3) is 0 Å². The van der Waals surface area contributed by atoms with E-state index in [1.165, 1.54) is 12.3 Å². The zero-order chi connectivity index (χ0) is 13.3. The Bertz CT molecular complexity index is 470. The number of piperidine rings is 1. The molecule has 1 spiro atoms. The molecule has 2 aliphatic rings. The minimum atomic E-state index is -0.500. The van der Waals surface area contributed by atoms with Crippen LogP contribution in [0.15, 0.2) is 18.3 Å². The van der Waals surface area contributed by atoms with Gasteiger partial charge in [0.1, 0.15) is 0 Å². The molecule has 0 N–H and O–H groups in total. The van der Waals surface area contributed by atoms with Gasteiger partial charge in [-0.05, 0) is 22.4 Å². The first-order valence-electron chi connectivity index (χ1n) is 6.32. The summed E-state index contributed by atoms with van der Waals surface area (Å²) in [6, 6.07) is 3.14. The van der Waals surface area contributed by atoms with Crippen LogP contribution in [0.25, 0.3) is 0 Å². The smallest absolute Gasteiger partial charge is 0.363 e. The monoisotopic (exact) mass is 265 g/mol. The largest absolute Gasteiger partial charge is 0.363 e. The molecule has 0 atom stereocenters. The first-order chi connectivity index (χ1) is 9.19. The molecule has 19 heavy (non-hydrogen) atoms. The Morgan fingerprint density at radius 3 is 2.79 bits per heavy atom. The van der Waals surface area contributed by atoms with E-state index < -0.39 is 10.7 Å². The highest BCUT2D eigenvalue weighted by molar-refractivity contribution is 5.47. The maximum atomic E-state index is 10.6. The quantitative estimate of drug-likeness (QED) is 0.593. The maximum absolute atomic E-state index is 10.6. The molecule has 0 amide bonds. The van der Waals surface area contributed by atoms with Crippen LogP contribution in [0.5, 0.6) is 0 Å². The first kappa shape index (κ1) is 12.3. The van der Waals surface area contributed by atoms with Crippen molar-refractivity contribution in [3.05, 3.63) is 28.4 Å². The summed E-state index contributed by atoms with van der Waals surface area (Å²) in [5.41, 5.74) is 0.865. The SMILES string of the molecule is O=[N+]([O-])c1ccc(N2CCCC3(C2)OCCO3)cn1. The van der Waals surface area contributed by atoms with Crippen LogP contribution in [0.3, 0.4) is 0 Å². The topological polar surface area (TPSA) is 77.7 Å². The number of nitro groups is 1. The second-order valence-electron chi connectivity index (χ2n) is 4.76. The van der Waals surface area contributed by atoms with E-state index in [4.69, 9.17) is 9.47 Å². The molecule has 2 saturated heterocycles. The Balaban J connectivity index is 1.76. The molecule has 0 aliphatic carbocycles. The van der Waals surface area contributed by atoms with Gasteiger partial charge in [0.05, 0.1) is 25.4 Å². The van der Waals surface area contributed by atoms with E-state index in [9.17, 15) is 10.1 Å². The highest BCUT2D eigenvalue weighted by atomic mass is 16.7. The van der Waals surface area contributed by atoms with Crippen molar-refractivity contribution in [2.24, 2.45) is 0 Å². The van der Waals surface area contributed by atoms with Crippen LogP contribution in [0, 0.1) is 10.1 Å². The number of hydrogen-bond donors (Lipinski definition) is 0. The molecule has 0 aromatic carbocycles. The molecule has 0 saturated carbocycles. The maximum Gasteiger partial charge on any atom is 0.363 e. The second kappa shape index (κ2) is 4.75. The van der Waals surface area contributed by atoms with Crippen LogP contribution in [0.4, 0.5) is 11.5 Å². The Labute approximate surface area is 110 Å². The van der Waals surface area contributed by atoms with Gasteiger partial charge in [-0.25, -0.2) is 0 Å². The van der Waals surface area contributed by atoms with Crippen LogP contribution < -0.4 is 4.90 Å². The fourth-order valence-corrected chi connectivity index (χ4v) is 2.61. The molecule has 1 aromatic rings. The van der Waals surface area contributed by atoms with Gasteiger partial charge in [-0.3, -0.25) is 0 Å². The number of nitrogens with zero attached hydrogens (tertiary/aromatic N) is 3. The van der Waals surface area contributed by atoms with Gasteiger partial charge in [0, 0.05) is 19.0 Å². The van der Waals surface area contributed by atoms with Crippen LogP contribution in [-0.4, -0.2) is 42.0 Å². The lowest BCUT2D eigenvalue weighted by atomic mass is 10.0. The molecular weight excluding hydrogens is 250 g/mol. The van der Waals surface area contributed by atoms with E-state index in [0.717, 1.165) is 25.1 Å². The molecule has 102 valence electrons. The van der Waals surface area contributed by atoms with Crippen LogP contribution in [0.2, 0.25) is 0 Å². The van der Waals surface area contributed by atoms with Crippen molar-refractivity contribution in [1.82, 2.24) is 4.98 Å². The normalized spacial score (nSPS) is 21.8. The number of ether oxygens (including phenoxy) is 2. The van der Waals surface area contributed by atoms with Gasteiger partial charge in [-0.15, -0.1) is 0 Å². The summed E-state index contributed by atoms with van der Waals surface area (Å²) in [7, 11) is 0. The molecule has 7 nitrogen and oxygen atoms in total. The second-order valence-corrected chi connectivity index (χ2v) is 4.76. The van der Waals surface area contributed by atoms with Gasteiger partial charge in [-0.1, -0.05) is 0 Å². The predicted octanol–water partition coefficient (Wildman–Crippen LogP) is 1.33. The van der Waals surface area contributed by atoms with E-state index >= 15 is 0 Å². The van der Waals surface area contributed by atoms with Crippen molar-refractivity contribution >= 4 is 11.5 Å². The Hall–Kier alpha value is -1.73. The van der Waals surface area contributed by atoms with Crippen molar-refractivity contribution in [3.8, 4) is 0 Å². The lowest BCUT2D eigenvalue weighted by Gasteiger charge is -2.39. The van der Waals surface area contributed by atoms with Gasteiger partial charge >= 0.3 is 5.82 Å². The molecule has 2 fully saturated rings. The highest BCUT2D eigenvalue weighted by Gasteiger charge is 2.41. The number of rotatable bonds is 2. The summed E-state index contributed by atoms with van der Waals surface area (Å²) < 4.78 is 11.4. The van der Waals surface area contributed by atoms with Gasteiger partial charge in [0.2, 0.25) is 0 Å². The number of hydrogen-bond acceptors (Lipinski definition) is 6. The summed E-state index contributed by atoms with van der Waals surface area (Å²) in [5, 5.41) is 10.6. The third kappa shape index (κ3) is 2.39. The van der Waals surface area contributed by atoms with Gasteiger partial charge < -0.3 is 24.5 Å². The fraction of sp³-hybridized carbons (Fsp3) is 0.583. The number of aromatic nitrogens is 1. The lowest BCUT2D eigenvalue weighted by Crippen LogP contribution is -2.49. The standard InChI is InChI=1S/C12H15N3O4/c16-15(17)11-3-2-10(8-13-11)14-5-1-4-12(9-14)18-6-7-19-12/h2-3,8H,1,4-7,9H2. The third-order valence-corrected chi connectivity index (χ3v) is 3.52. The summed E-state index contributed by atoms with van der Waals surface area (Å²) in [6.07, 6.45) is 3.40. The third-order valence-electron chi connectivity index (χ3n) is 3.52. The Morgan fingerprint density at radius 1 is 1.37 bits per heavy atom. The van der Waals surface area contributed by atoms with Crippen LogP contribution in [-0.2, 0) is 9.47 Å². The number of anilines is 1. The summed E-state index contributed by atoms with van der Waals surface area (Å²) in [4.78, 5) is 16.0. The molecular formula is C12H15N3O4. The average molecular weight is 265 g/mol. The van der Waals surface area contributed by atoms with E-state index in [2.05, 4.69) is 9.88 Å². The summed E-state index contributed by atoms with van der Waals surface area (Å²) in [5.74, 6) is -0.635. The average Bonchev–Trinajstić information content (AvgIpc) is 2.87. The summed E-state index contributed by atoms with van der Waals surface area (Å²) in [6.45, 7) is 2.79. The molecule has 7 heteroatoms. The van der Waals surface area contributed by atoms with Crippen LogP contribution in [0.1, 0.15) is 12.8 Å². The summed E-state index contributed by atoms with van der Waals surface area (Å²) >= 11 is 0. The van der Waals surface area contributed by atoms with Crippen molar-refractivity contribution in [2.45, 2.75) is 18.6 Å². The zero-order valence-corrected chi connectivity index (χ0v) is 10.4. The van der Waals surface area contributed by atoms with E-state index in [1.807, 2.05) is 0 Å². The van der Waals surface area contributed by atoms with Crippen molar-refractivity contribution in [1.29, 1.82) is 0 Å². The minimum Gasteiger partial charge on any atom is -0.363 e. The molecule has 2 aliphatic heterocycles. The zero-order valence-electron chi connectivity index (χ0n) is 10.4. The van der Waals surface area contributed by atoms with Crippen molar-refractivity contribution < 1.29 is 14.4 Å². The van der Waals surface area contributed by atoms with E-state index in [1.54, 1.807) is 6.07 Å². The molecule has 0 radical (unpaired) electrons. The predicted molar refractivity (Wildman–Crippen MR) is 67.0 cm³/mol. The van der Waals surface area contributed by atoms with Crippen molar-refractivity contribution in [2.75, 3.05) is 31.2 Å². The molecule has 0 unspecified atom stereocenters. The Morgan fingerprint density at radius 2 is 2.16 bits per heavy atom. The van der Waals surface area contributed by atoms with Crippen molar-refractivity contribution in [3.63, 3.8) is 0 Å².